The predicted molar refractivity (Wildman–Crippen MR) is 111 cm³/mol. The highest BCUT2D eigenvalue weighted by Gasteiger charge is 2.21. The maximum atomic E-state index is 13.2. The Kier molecular flexibility index (Phi) is 7.22. The van der Waals surface area contributed by atoms with Crippen LogP contribution in [0.25, 0.3) is 0 Å². The van der Waals surface area contributed by atoms with Crippen molar-refractivity contribution in [1.82, 2.24) is 4.90 Å². The zero-order valence-electron chi connectivity index (χ0n) is 17.4. The number of carbonyl (C=O) groups excluding carboxylic acids is 1. The van der Waals surface area contributed by atoms with Crippen molar-refractivity contribution in [3.05, 3.63) is 47.5 Å². The molecule has 0 spiro atoms. The number of hydrogen-bond acceptors (Lipinski definition) is 5. The van der Waals surface area contributed by atoms with Gasteiger partial charge in [-0.2, -0.15) is 0 Å². The maximum absolute atomic E-state index is 13.2. The normalized spacial score (nSPS) is 12.4. The van der Waals surface area contributed by atoms with Crippen molar-refractivity contribution in [2.24, 2.45) is 0 Å². The van der Waals surface area contributed by atoms with E-state index < -0.39 is 0 Å². The molecule has 1 aliphatic heterocycles. The molecule has 0 fully saturated rings. The molecule has 156 valence electrons. The average molecular weight is 399 g/mol. The molecule has 0 radical (unpaired) electrons. The molecule has 1 heterocycles. The van der Waals surface area contributed by atoms with Crippen LogP contribution in [0.3, 0.4) is 0 Å². The molecule has 0 unspecified atom stereocenters. The van der Waals surface area contributed by atoms with Crippen LogP contribution in [0.2, 0.25) is 0 Å². The summed E-state index contributed by atoms with van der Waals surface area (Å²) in [5, 5.41) is 0. The second-order valence-electron chi connectivity index (χ2n) is 6.70. The van der Waals surface area contributed by atoms with Gasteiger partial charge >= 0.3 is 0 Å². The van der Waals surface area contributed by atoms with Crippen molar-refractivity contribution in [2.75, 3.05) is 33.0 Å². The molecule has 0 aromatic heterocycles. The maximum Gasteiger partial charge on any atom is 0.254 e. The van der Waals surface area contributed by atoms with Gasteiger partial charge in [-0.15, -0.1) is 0 Å². The van der Waals surface area contributed by atoms with Gasteiger partial charge in [0.1, 0.15) is 13.2 Å². The van der Waals surface area contributed by atoms with Gasteiger partial charge in [-0.05, 0) is 44.5 Å². The zero-order valence-corrected chi connectivity index (χ0v) is 17.4. The molecule has 1 aliphatic rings. The van der Waals surface area contributed by atoms with E-state index in [1.807, 2.05) is 38.1 Å². The van der Waals surface area contributed by atoms with Crippen LogP contribution in [0.15, 0.2) is 36.4 Å². The summed E-state index contributed by atoms with van der Waals surface area (Å²) in [6, 6.07) is 11.1. The van der Waals surface area contributed by atoms with Gasteiger partial charge in [0.15, 0.2) is 23.0 Å². The third-order valence-corrected chi connectivity index (χ3v) is 4.63. The number of rotatable bonds is 9. The summed E-state index contributed by atoms with van der Waals surface area (Å²) in [5.74, 6) is 2.65. The Bertz CT molecular complexity index is 836. The molecular formula is C23H29NO5. The Balaban J connectivity index is 1.81. The molecule has 0 bridgehead atoms. The van der Waals surface area contributed by atoms with E-state index in [-0.39, 0.29) is 5.91 Å². The second-order valence-corrected chi connectivity index (χ2v) is 6.70. The van der Waals surface area contributed by atoms with E-state index in [0.717, 1.165) is 23.5 Å². The number of nitrogens with zero attached hydrogens (tertiary/aromatic N) is 1. The molecule has 0 saturated heterocycles. The Labute approximate surface area is 172 Å². The van der Waals surface area contributed by atoms with Crippen LogP contribution in [-0.2, 0) is 6.54 Å². The van der Waals surface area contributed by atoms with Crippen LogP contribution < -0.4 is 18.9 Å². The number of fused-ring (bicyclic) bond motifs is 1. The van der Waals surface area contributed by atoms with E-state index in [0.29, 0.717) is 56.6 Å². The summed E-state index contributed by atoms with van der Waals surface area (Å²) < 4.78 is 22.9. The molecule has 3 rings (SSSR count). The fourth-order valence-electron chi connectivity index (χ4n) is 3.21. The quantitative estimate of drug-likeness (QED) is 0.629. The molecule has 0 saturated carbocycles. The number of carbonyl (C=O) groups is 1. The van der Waals surface area contributed by atoms with Crippen molar-refractivity contribution >= 4 is 5.91 Å². The van der Waals surface area contributed by atoms with E-state index in [9.17, 15) is 4.79 Å². The highest BCUT2D eigenvalue weighted by Crippen LogP contribution is 2.35. The Morgan fingerprint density at radius 3 is 2.62 bits per heavy atom. The fourth-order valence-corrected chi connectivity index (χ4v) is 3.21. The van der Waals surface area contributed by atoms with Gasteiger partial charge < -0.3 is 23.8 Å². The highest BCUT2D eigenvalue weighted by atomic mass is 16.6. The van der Waals surface area contributed by atoms with E-state index in [1.54, 1.807) is 17.0 Å². The van der Waals surface area contributed by atoms with Crippen LogP contribution in [-0.4, -0.2) is 43.8 Å². The van der Waals surface area contributed by atoms with Crippen LogP contribution in [0, 0.1) is 0 Å². The Morgan fingerprint density at radius 2 is 1.86 bits per heavy atom. The first-order valence-electron chi connectivity index (χ1n) is 10.2. The first kappa shape index (κ1) is 20.8. The lowest BCUT2D eigenvalue weighted by Crippen LogP contribution is -2.31. The first-order chi connectivity index (χ1) is 14.2. The second kappa shape index (κ2) is 10.0. The minimum atomic E-state index is -0.0650. The lowest BCUT2D eigenvalue weighted by molar-refractivity contribution is 0.0748. The Hall–Kier alpha value is -2.89. The molecule has 6 heteroatoms. The Morgan fingerprint density at radius 1 is 1.03 bits per heavy atom. The standard InChI is InChI=1S/C23H29NO5/c1-4-12-27-19-11-10-17(15-21(19)26-6-3)23(25)24(5-2)16-18-8-7-9-20-22(18)29-14-13-28-20/h7-11,15H,4-6,12-14,16H2,1-3H3. The van der Waals surface area contributed by atoms with Gasteiger partial charge in [-0.25, -0.2) is 0 Å². The van der Waals surface area contributed by atoms with Crippen molar-refractivity contribution in [2.45, 2.75) is 33.7 Å². The molecule has 6 nitrogen and oxygen atoms in total. The molecule has 0 aliphatic carbocycles. The smallest absolute Gasteiger partial charge is 0.254 e. The van der Waals surface area contributed by atoms with Crippen LogP contribution in [0.5, 0.6) is 23.0 Å². The van der Waals surface area contributed by atoms with Crippen molar-refractivity contribution < 1.29 is 23.7 Å². The third kappa shape index (κ3) is 4.94. The monoisotopic (exact) mass is 399 g/mol. The number of hydrogen-bond donors (Lipinski definition) is 0. The van der Waals surface area contributed by atoms with Crippen LogP contribution in [0.1, 0.15) is 43.1 Å². The van der Waals surface area contributed by atoms with E-state index in [2.05, 4.69) is 6.92 Å². The molecule has 0 N–H and O–H groups in total. The molecule has 29 heavy (non-hydrogen) atoms. The van der Waals surface area contributed by atoms with Gasteiger partial charge in [-0.3, -0.25) is 4.79 Å². The third-order valence-electron chi connectivity index (χ3n) is 4.63. The fraction of sp³-hybridized carbons (Fsp3) is 0.435. The van der Waals surface area contributed by atoms with Crippen molar-refractivity contribution in [1.29, 1.82) is 0 Å². The molecule has 0 atom stereocenters. The highest BCUT2D eigenvalue weighted by molar-refractivity contribution is 5.95. The lowest BCUT2D eigenvalue weighted by atomic mass is 10.1. The summed E-state index contributed by atoms with van der Waals surface area (Å²) >= 11 is 0. The van der Waals surface area contributed by atoms with Crippen LogP contribution in [0.4, 0.5) is 0 Å². The predicted octanol–water partition coefficient (Wildman–Crippen LogP) is 4.31. The van der Waals surface area contributed by atoms with Gasteiger partial charge in [0, 0.05) is 24.2 Å². The van der Waals surface area contributed by atoms with Gasteiger partial charge in [-0.1, -0.05) is 19.1 Å². The topological polar surface area (TPSA) is 57.2 Å². The van der Waals surface area contributed by atoms with Gasteiger partial charge in [0.2, 0.25) is 0 Å². The van der Waals surface area contributed by atoms with E-state index >= 15 is 0 Å². The van der Waals surface area contributed by atoms with E-state index in [4.69, 9.17) is 18.9 Å². The van der Waals surface area contributed by atoms with Crippen molar-refractivity contribution in [3.8, 4) is 23.0 Å². The number of amides is 1. The summed E-state index contributed by atoms with van der Waals surface area (Å²) in [6.45, 7) is 9.11. The average Bonchev–Trinajstić information content (AvgIpc) is 2.76. The van der Waals surface area contributed by atoms with E-state index in [1.165, 1.54) is 0 Å². The minimum Gasteiger partial charge on any atom is -0.490 e. The zero-order chi connectivity index (χ0) is 20.6. The summed E-state index contributed by atoms with van der Waals surface area (Å²) in [7, 11) is 0. The van der Waals surface area contributed by atoms with Crippen LogP contribution >= 0.6 is 0 Å². The lowest BCUT2D eigenvalue weighted by Gasteiger charge is -2.25. The molecule has 2 aromatic carbocycles. The molecule has 2 aromatic rings. The number of para-hydroxylation sites is 1. The first-order valence-corrected chi connectivity index (χ1v) is 10.2. The molecule has 1 amide bonds. The summed E-state index contributed by atoms with van der Waals surface area (Å²) in [4.78, 5) is 15.0. The molecular weight excluding hydrogens is 370 g/mol. The van der Waals surface area contributed by atoms with Crippen molar-refractivity contribution in [3.63, 3.8) is 0 Å². The van der Waals surface area contributed by atoms with Gasteiger partial charge in [0.05, 0.1) is 13.2 Å². The number of ether oxygens (including phenoxy) is 4. The largest absolute Gasteiger partial charge is 0.490 e. The van der Waals surface area contributed by atoms with Gasteiger partial charge in [0.25, 0.3) is 5.91 Å². The minimum absolute atomic E-state index is 0.0650. The SMILES string of the molecule is CCCOc1ccc(C(=O)N(CC)Cc2cccc3c2OCCO3)cc1OCC. The number of benzene rings is 2. The summed E-state index contributed by atoms with van der Waals surface area (Å²) in [6.07, 6.45) is 0.906. The summed E-state index contributed by atoms with van der Waals surface area (Å²) in [5.41, 5.74) is 1.51.